The highest BCUT2D eigenvalue weighted by Gasteiger charge is 2.39. The Labute approximate surface area is 125 Å². The van der Waals surface area contributed by atoms with Crippen LogP contribution < -0.4 is 14.8 Å². The largest absolute Gasteiger partial charge is 0.486 e. The van der Waals surface area contributed by atoms with Gasteiger partial charge in [-0.05, 0) is 48.6 Å². The molecule has 1 aromatic rings. The lowest BCUT2D eigenvalue weighted by Gasteiger charge is -2.21. The van der Waals surface area contributed by atoms with Gasteiger partial charge in [0.25, 0.3) is 0 Å². The molecule has 1 heterocycles. The first kappa shape index (κ1) is 14.1. The molecule has 0 atom stereocenters. The molecule has 3 nitrogen and oxygen atoms in total. The van der Waals surface area contributed by atoms with Gasteiger partial charge in [-0.15, -0.1) is 11.8 Å². The number of rotatable bonds is 6. The zero-order valence-corrected chi connectivity index (χ0v) is 13.1. The second-order valence-electron chi connectivity index (χ2n) is 5.76. The fourth-order valence-electron chi connectivity index (χ4n) is 2.73. The van der Waals surface area contributed by atoms with Crippen LogP contribution in [0.15, 0.2) is 17.0 Å². The number of hydrogen-bond donors (Lipinski definition) is 1. The molecule has 4 heteroatoms. The van der Waals surface area contributed by atoms with Gasteiger partial charge in [0.2, 0.25) is 0 Å². The molecule has 0 radical (unpaired) electrons. The van der Waals surface area contributed by atoms with Crippen LogP contribution in [-0.2, 0) is 6.54 Å². The summed E-state index contributed by atoms with van der Waals surface area (Å²) in [6.07, 6.45) is 6.17. The van der Waals surface area contributed by atoms with E-state index < -0.39 is 0 Å². The standard InChI is InChI=1S/C16H23NO2S/c1-3-16(4-5-16)11-17-10-12-8-13-14(9-15(12)20-2)19-7-6-18-13/h8-9,17H,3-7,10-11H2,1-2H3. The van der Waals surface area contributed by atoms with E-state index in [2.05, 4.69) is 30.6 Å². The van der Waals surface area contributed by atoms with Gasteiger partial charge in [-0.3, -0.25) is 0 Å². The third-order valence-electron chi connectivity index (χ3n) is 4.47. The molecule has 3 rings (SSSR count). The lowest BCUT2D eigenvalue weighted by molar-refractivity contribution is 0.171. The number of fused-ring (bicyclic) bond motifs is 1. The fourth-order valence-corrected chi connectivity index (χ4v) is 3.35. The Hall–Kier alpha value is -0.870. The second-order valence-corrected chi connectivity index (χ2v) is 6.61. The summed E-state index contributed by atoms with van der Waals surface area (Å²) in [5, 5.41) is 3.63. The summed E-state index contributed by atoms with van der Waals surface area (Å²) in [5.74, 6) is 1.78. The van der Waals surface area contributed by atoms with Crippen LogP contribution in [0.4, 0.5) is 0 Å². The van der Waals surface area contributed by atoms with Gasteiger partial charge in [-0.1, -0.05) is 6.92 Å². The third kappa shape index (κ3) is 2.91. The van der Waals surface area contributed by atoms with Crippen molar-refractivity contribution in [3.05, 3.63) is 17.7 Å². The molecule has 0 unspecified atom stereocenters. The third-order valence-corrected chi connectivity index (χ3v) is 5.29. The molecule has 0 saturated heterocycles. The minimum atomic E-state index is 0.591. The van der Waals surface area contributed by atoms with Gasteiger partial charge < -0.3 is 14.8 Å². The molecule has 0 bridgehead atoms. The maximum absolute atomic E-state index is 5.68. The topological polar surface area (TPSA) is 30.5 Å². The fraction of sp³-hybridized carbons (Fsp3) is 0.625. The van der Waals surface area contributed by atoms with Crippen LogP contribution >= 0.6 is 11.8 Å². The molecule has 0 aromatic heterocycles. The predicted octanol–water partition coefficient (Wildman–Crippen LogP) is 3.46. The lowest BCUT2D eigenvalue weighted by atomic mass is 10.0. The van der Waals surface area contributed by atoms with Crippen molar-refractivity contribution in [1.82, 2.24) is 5.32 Å². The smallest absolute Gasteiger partial charge is 0.162 e. The van der Waals surface area contributed by atoms with Crippen molar-refractivity contribution < 1.29 is 9.47 Å². The van der Waals surface area contributed by atoms with E-state index in [-0.39, 0.29) is 0 Å². The molecule has 1 N–H and O–H groups in total. The summed E-state index contributed by atoms with van der Waals surface area (Å²) in [5.41, 5.74) is 1.90. The van der Waals surface area contributed by atoms with Gasteiger partial charge in [0, 0.05) is 18.0 Å². The van der Waals surface area contributed by atoms with Crippen molar-refractivity contribution in [2.75, 3.05) is 26.0 Å². The number of thioether (sulfide) groups is 1. The van der Waals surface area contributed by atoms with Crippen molar-refractivity contribution in [2.45, 2.75) is 37.6 Å². The first-order valence-corrected chi connectivity index (χ1v) is 8.66. The highest BCUT2D eigenvalue weighted by Crippen LogP contribution is 2.48. The van der Waals surface area contributed by atoms with Gasteiger partial charge >= 0.3 is 0 Å². The molecule has 1 aliphatic carbocycles. The maximum Gasteiger partial charge on any atom is 0.162 e. The van der Waals surface area contributed by atoms with E-state index in [4.69, 9.17) is 9.47 Å². The zero-order valence-electron chi connectivity index (χ0n) is 12.3. The first-order chi connectivity index (χ1) is 9.76. The van der Waals surface area contributed by atoms with Crippen LogP contribution in [0.1, 0.15) is 31.7 Å². The molecule has 1 aliphatic heterocycles. The van der Waals surface area contributed by atoms with Crippen LogP contribution in [0.2, 0.25) is 0 Å². The molecule has 1 aromatic carbocycles. The lowest BCUT2D eigenvalue weighted by Crippen LogP contribution is -2.23. The summed E-state index contributed by atoms with van der Waals surface area (Å²) >= 11 is 1.77. The Kier molecular flexibility index (Phi) is 4.13. The Bertz CT molecular complexity index is 486. The minimum absolute atomic E-state index is 0.591. The van der Waals surface area contributed by atoms with E-state index >= 15 is 0 Å². The van der Waals surface area contributed by atoms with Crippen LogP contribution in [0.3, 0.4) is 0 Å². The van der Waals surface area contributed by atoms with Crippen LogP contribution in [0, 0.1) is 5.41 Å². The van der Waals surface area contributed by atoms with Crippen molar-refractivity contribution in [3.8, 4) is 11.5 Å². The number of ether oxygens (including phenoxy) is 2. The summed E-state index contributed by atoms with van der Waals surface area (Å²) in [4.78, 5) is 1.28. The Morgan fingerprint density at radius 2 is 1.90 bits per heavy atom. The summed E-state index contributed by atoms with van der Waals surface area (Å²) in [7, 11) is 0. The monoisotopic (exact) mass is 293 g/mol. The van der Waals surface area contributed by atoms with E-state index in [9.17, 15) is 0 Å². The predicted molar refractivity (Wildman–Crippen MR) is 82.9 cm³/mol. The van der Waals surface area contributed by atoms with E-state index in [1.165, 1.54) is 29.7 Å². The number of hydrogen-bond acceptors (Lipinski definition) is 4. The van der Waals surface area contributed by atoms with Gasteiger partial charge in [-0.2, -0.15) is 0 Å². The Morgan fingerprint density at radius 3 is 2.50 bits per heavy atom. The highest BCUT2D eigenvalue weighted by molar-refractivity contribution is 7.98. The molecule has 110 valence electrons. The summed E-state index contributed by atoms with van der Waals surface area (Å²) in [6, 6.07) is 4.25. The van der Waals surface area contributed by atoms with Gasteiger partial charge in [0.1, 0.15) is 13.2 Å². The number of benzene rings is 1. The van der Waals surface area contributed by atoms with Gasteiger partial charge in [-0.25, -0.2) is 0 Å². The minimum Gasteiger partial charge on any atom is -0.486 e. The van der Waals surface area contributed by atoms with E-state index in [0.29, 0.717) is 18.6 Å². The summed E-state index contributed by atoms with van der Waals surface area (Å²) in [6.45, 7) is 5.64. The van der Waals surface area contributed by atoms with Crippen molar-refractivity contribution in [2.24, 2.45) is 5.41 Å². The summed E-state index contributed by atoms with van der Waals surface area (Å²) < 4.78 is 11.3. The number of nitrogens with one attached hydrogen (secondary N) is 1. The van der Waals surface area contributed by atoms with Crippen LogP contribution in [0.5, 0.6) is 11.5 Å². The van der Waals surface area contributed by atoms with Crippen LogP contribution in [0.25, 0.3) is 0 Å². The molecule has 1 saturated carbocycles. The van der Waals surface area contributed by atoms with Gasteiger partial charge in [0.15, 0.2) is 11.5 Å². The van der Waals surface area contributed by atoms with E-state index in [1.807, 2.05) is 0 Å². The highest BCUT2D eigenvalue weighted by atomic mass is 32.2. The molecule has 20 heavy (non-hydrogen) atoms. The maximum atomic E-state index is 5.68. The quantitative estimate of drug-likeness (QED) is 0.814. The second kappa shape index (κ2) is 5.86. The molecular formula is C16H23NO2S. The van der Waals surface area contributed by atoms with Crippen molar-refractivity contribution in [3.63, 3.8) is 0 Å². The Balaban J connectivity index is 1.68. The Morgan fingerprint density at radius 1 is 1.20 bits per heavy atom. The molecule has 0 amide bonds. The molecular weight excluding hydrogens is 270 g/mol. The van der Waals surface area contributed by atoms with E-state index in [1.54, 1.807) is 11.8 Å². The van der Waals surface area contributed by atoms with Crippen molar-refractivity contribution >= 4 is 11.8 Å². The normalized spacial score (nSPS) is 18.9. The molecule has 2 aliphatic rings. The average Bonchev–Trinajstić information content (AvgIpc) is 3.27. The van der Waals surface area contributed by atoms with E-state index in [0.717, 1.165) is 24.6 Å². The SMILES string of the molecule is CCC1(CNCc2cc3c(cc2SC)OCCO3)CC1. The zero-order chi connectivity index (χ0) is 14.0. The molecule has 0 spiro atoms. The first-order valence-electron chi connectivity index (χ1n) is 7.43. The van der Waals surface area contributed by atoms with Gasteiger partial charge in [0.05, 0.1) is 0 Å². The van der Waals surface area contributed by atoms with Crippen LogP contribution in [-0.4, -0.2) is 26.0 Å². The molecule has 1 fully saturated rings. The average molecular weight is 293 g/mol. The van der Waals surface area contributed by atoms with Crippen molar-refractivity contribution in [1.29, 1.82) is 0 Å².